The summed E-state index contributed by atoms with van der Waals surface area (Å²) >= 11 is 3.63. The monoisotopic (exact) mass is 434 g/mol. The molecular weight excluding hydrogens is 408 g/mol. The predicted molar refractivity (Wildman–Crippen MR) is 111 cm³/mol. The Hall–Kier alpha value is -1.76. The molecule has 1 unspecified atom stereocenters. The van der Waals surface area contributed by atoms with E-state index in [1.807, 2.05) is 31.2 Å². The van der Waals surface area contributed by atoms with Gasteiger partial charge in [0.2, 0.25) is 0 Å². The smallest absolute Gasteiger partial charge is 0.165 e. The fourth-order valence-corrected chi connectivity index (χ4v) is 4.03. The van der Waals surface area contributed by atoms with Crippen molar-refractivity contribution >= 4 is 15.9 Å². The van der Waals surface area contributed by atoms with Gasteiger partial charge >= 0.3 is 0 Å². The zero-order valence-corrected chi connectivity index (χ0v) is 17.7. The number of rotatable bonds is 7. The van der Waals surface area contributed by atoms with E-state index in [-0.39, 0.29) is 6.04 Å². The van der Waals surface area contributed by atoms with Crippen LogP contribution in [0.4, 0.5) is 0 Å². The SMILES string of the molecule is CCOc1ccc(Br)cc1C(c1cccc(OC)c1OC)N1CCNCC1. The highest BCUT2D eigenvalue weighted by molar-refractivity contribution is 9.10. The number of halogens is 1. The predicted octanol–water partition coefficient (Wildman–Crippen LogP) is 3.86. The summed E-state index contributed by atoms with van der Waals surface area (Å²) < 4.78 is 18.3. The Morgan fingerprint density at radius 2 is 1.81 bits per heavy atom. The van der Waals surface area contributed by atoms with Crippen LogP contribution in [0.2, 0.25) is 0 Å². The zero-order valence-electron chi connectivity index (χ0n) is 16.1. The summed E-state index contributed by atoms with van der Waals surface area (Å²) in [5, 5.41) is 3.44. The van der Waals surface area contributed by atoms with E-state index in [9.17, 15) is 0 Å². The van der Waals surface area contributed by atoms with Gasteiger partial charge in [0.1, 0.15) is 5.75 Å². The van der Waals surface area contributed by atoms with Crippen LogP contribution in [0, 0.1) is 0 Å². The first-order valence-electron chi connectivity index (χ1n) is 9.27. The van der Waals surface area contributed by atoms with Crippen molar-refractivity contribution < 1.29 is 14.2 Å². The number of nitrogens with one attached hydrogen (secondary N) is 1. The molecule has 3 rings (SSSR count). The summed E-state index contributed by atoms with van der Waals surface area (Å²) in [6, 6.07) is 12.3. The van der Waals surface area contributed by atoms with Gasteiger partial charge in [-0.1, -0.05) is 28.1 Å². The molecule has 0 bridgehead atoms. The first kappa shape index (κ1) is 20.0. The standard InChI is InChI=1S/C21H27BrN2O3/c1-4-27-18-9-8-15(22)14-17(18)20(24-12-10-23-11-13-24)16-6-5-7-19(25-2)21(16)26-3/h5-9,14,20,23H,4,10-13H2,1-3H3. The molecule has 0 spiro atoms. The first-order chi connectivity index (χ1) is 13.2. The largest absolute Gasteiger partial charge is 0.494 e. The Labute approximate surface area is 169 Å². The van der Waals surface area contributed by atoms with Gasteiger partial charge in [0, 0.05) is 41.8 Å². The molecule has 5 nitrogen and oxygen atoms in total. The van der Waals surface area contributed by atoms with Crippen LogP contribution in [-0.4, -0.2) is 51.9 Å². The minimum Gasteiger partial charge on any atom is -0.494 e. The van der Waals surface area contributed by atoms with Crippen molar-refractivity contribution in [2.45, 2.75) is 13.0 Å². The highest BCUT2D eigenvalue weighted by Crippen LogP contribution is 2.43. The Balaban J connectivity index is 2.18. The van der Waals surface area contributed by atoms with Crippen molar-refractivity contribution in [1.82, 2.24) is 10.2 Å². The lowest BCUT2D eigenvalue weighted by atomic mass is 9.94. The summed E-state index contributed by atoms with van der Waals surface area (Å²) in [6.07, 6.45) is 0. The van der Waals surface area contributed by atoms with Crippen LogP contribution in [0.3, 0.4) is 0 Å². The minimum atomic E-state index is 0.0104. The minimum absolute atomic E-state index is 0.0104. The second-order valence-electron chi connectivity index (χ2n) is 6.39. The van der Waals surface area contributed by atoms with Crippen LogP contribution < -0.4 is 19.5 Å². The molecule has 0 saturated carbocycles. The van der Waals surface area contributed by atoms with Crippen LogP contribution in [0.25, 0.3) is 0 Å². The molecule has 0 amide bonds. The van der Waals surface area contributed by atoms with Crippen molar-refractivity contribution in [3.8, 4) is 17.2 Å². The van der Waals surface area contributed by atoms with E-state index in [0.717, 1.165) is 59.0 Å². The third-order valence-electron chi connectivity index (χ3n) is 4.81. The maximum Gasteiger partial charge on any atom is 0.165 e. The molecule has 1 atom stereocenters. The molecule has 1 aliphatic rings. The Kier molecular flexibility index (Phi) is 6.99. The molecule has 27 heavy (non-hydrogen) atoms. The van der Waals surface area contributed by atoms with Crippen LogP contribution in [0.5, 0.6) is 17.2 Å². The molecule has 6 heteroatoms. The summed E-state index contributed by atoms with van der Waals surface area (Å²) in [6.45, 7) is 6.45. The second-order valence-corrected chi connectivity index (χ2v) is 7.30. The summed E-state index contributed by atoms with van der Waals surface area (Å²) in [5.41, 5.74) is 2.21. The third kappa shape index (κ3) is 4.39. The molecule has 1 saturated heterocycles. The number of nitrogens with zero attached hydrogens (tertiary/aromatic N) is 1. The van der Waals surface area contributed by atoms with Crippen molar-refractivity contribution in [3.63, 3.8) is 0 Å². The molecule has 1 aliphatic heterocycles. The molecule has 0 aromatic heterocycles. The Morgan fingerprint density at radius 1 is 1.04 bits per heavy atom. The van der Waals surface area contributed by atoms with Crippen LogP contribution in [0.1, 0.15) is 24.1 Å². The van der Waals surface area contributed by atoms with Crippen LogP contribution >= 0.6 is 15.9 Å². The fraction of sp³-hybridized carbons (Fsp3) is 0.429. The molecule has 2 aromatic carbocycles. The van der Waals surface area contributed by atoms with Gasteiger partial charge in [0.15, 0.2) is 11.5 Å². The second kappa shape index (κ2) is 9.44. The van der Waals surface area contributed by atoms with Gasteiger partial charge < -0.3 is 19.5 Å². The average Bonchev–Trinajstić information content (AvgIpc) is 2.71. The lowest BCUT2D eigenvalue weighted by Gasteiger charge is -2.37. The van der Waals surface area contributed by atoms with Gasteiger partial charge in [-0.05, 0) is 31.2 Å². The molecule has 1 N–H and O–H groups in total. The quantitative estimate of drug-likeness (QED) is 0.716. The molecule has 146 valence electrons. The van der Waals surface area contributed by atoms with Gasteiger partial charge in [0.05, 0.1) is 26.9 Å². The van der Waals surface area contributed by atoms with E-state index in [0.29, 0.717) is 6.61 Å². The third-order valence-corrected chi connectivity index (χ3v) is 5.30. The highest BCUT2D eigenvalue weighted by Gasteiger charge is 2.30. The lowest BCUT2D eigenvalue weighted by Crippen LogP contribution is -2.45. The summed E-state index contributed by atoms with van der Waals surface area (Å²) in [4.78, 5) is 2.47. The molecule has 1 heterocycles. The number of piperazine rings is 1. The number of para-hydroxylation sites is 1. The number of benzene rings is 2. The first-order valence-corrected chi connectivity index (χ1v) is 10.1. The van der Waals surface area contributed by atoms with E-state index >= 15 is 0 Å². The maximum absolute atomic E-state index is 5.98. The number of ether oxygens (including phenoxy) is 3. The van der Waals surface area contributed by atoms with Gasteiger partial charge in [-0.25, -0.2) is 0 Å². The average molecular weight is 435 g/mol. The molecule has 0 radical (unpaired) electrons. The van der Waals surface area contributed by atoms with E-state index in [1.165, 1.54) is 0 Å². The lowest BCUT2D eigenvalue weighted by molar-refractivity contribution is 0.190. The van der Waals surface area contributed by atoms with Crippen molar-refractivity contribution in [2.75, 3.05) is 47.0 Å². The molecule has 1 fully saturated rings. The van der Waals surface area contributed by atoms with E-state index in [4.69, 9.17) is 14.2 Å². The van der Waals surface area contributed by atoms with E-state index in [2.05, 4.69) is 38.3 Å². The van der Waals surface area contributed by atoms with Crippen molar-refractivity contribution in [3.05, 3.63) is 52.0 Å². The van der Waals surface area contributed by atoms with Crippen LogP contribution in [-0.2, 0) is 0 Å². The van der Waals surface area contributed by atoms with Gasteiger partial charge in [-0.2, -0.15) is 0 Å². The zero-order chi connectivity index (χ0) is 19.2. The van der Waals surface area contributed by atoms with Gasteiger partial charge in [-0.3, -0.25) is 4.90 Å². The topological polar surface area (TPSA) is 43.0 Å². The van der Waals surface area contributed by atoms with Crippen LogP contribution in [0.15, 0.2) is 40.9 Å². The molecular formula is C21H27BrN2O3. The van der Waals surface area contributed by atoms with Crippen molar-refractivity contribution in [1.29, 1.82) is 0 Å². The Bertz CT molecular complexity index is 763. The number of hydrogen-bond acceptors (Lipinski definition) is 5. The summed E-state index contributed by atoms with van der Waals surface area (Å²) in [5.74, 6) is 2.41. The van der Waals surface area contributed by atoms with Gasteiger partial charge in [0.25, 0.3) is 0 Å². The fourth-order valence-electron chi connectivity index (χ4n) is 3.65. The van der Waals surface area contributed by atoms with Crippen molar-refractivity contribution in [2.24, 2.45) is 0 Å². The van der Waals surface area contributed by atoms with Gasteiger partial charge in [-0.15, -0.1) is 0 Å². The highest BCUT2D eigenvalue weighted by atomic mass is 79.9. The summed E-state index contributed by atoms with van der Waals surface area (Å²) in [7, 11) is 3.37. The number of methoxy groups -OCH3 is 2. The normalized spacial score (nSPS) is 16.0. The maximum atomic E-state index is 5.98. The number of hydrogen-bond donors (Lipinski definition) is 1. The molecule has 2 aromatic rings. The molecule has 0 aliphatic carbocycles. The van der Waals surface area contributed by atoms with E-state index < -0.39 is 0 Å². The van der Waals surface area contributed by atoms with E-state index in [1.54, 1.807) is 14.2 Å². The Morgan fingerprint density at radius 3 is 2.48 bits per heavy atom.